The zero-order valence-electron chi connectivity index (χ0n) is 22.7. The summed E-state index contributed by atoms with van der Waals surface area (Å²) in [6, 6.07) is 5.91. The Balaban J connectivity index is 0.00000684. The number of benzene rings is 1. The van der Waals surface area contributed by atoms with Crippen molar-refractivity contribution in [2.45, 2.75) is 58.3 Å². The molecule has 0 aliphatic carbocycles. The number of carbonyl (C=O) groups is 1. The number of nitro groups is 1. The number of non-ortho nitro benzene ring substituents is 1. The average Bonchev–Trinajstić information content (AvgIpc) is 2.81. The molecule has 0 radical (unpaired) electrons. The molecule has 206 valence electrons. The first-order chi connectivity index (χ1) is 17.0. The summed E-state index contributed by atoms with van der Waals surface area (Å²) in [6.45, 7) is 4.74. The molecule has 1 heterocycles. The number of ether oxygens (including phenoxy) is 2. The number of unbranched alkanes of at least 4 members (excludes halogenated alkanes) is 5. The van der Waals surface area contributed by atoms with Gasteiger partial charge < -0.3 is 19.1 Å². The summed E-state index contributed by atoms with van der Waals surface area (Å²) in [5.41, 5.74) is 1.48. The van der Waals surface area contributed by atoms with Crippen LogP contribution in [0, 0.1) is 10.1 Å². The Morgan fingerprint density at radius 2 is 1.70 bits per heavy atom. The van der Waals surface area contributed by atoms with Crippen molar-refractivity contribution in [1.29, 1.82) is 0 Å². The van der Waals surface area contributed by atoms with Gasteiger partial charge in [0.2, 0.25) is 0 Å². The van der Waals surface area contributed by atoms with Gasteiger partial charge >= 0.3 is 5.97 Å². The number of quaternary nitrogens is 1. The number of methoxy groups -OCH3 is 1. The number of nitrogens with zero attached hydrogens (tertiary/aromatic N) is 3. The van der Waals surface area contributed by atoms with E-state index in [1.807, 2.05) is 0 Å². The highest BCUT2D eigenvalue weighted by Gasteiger charge is 2.35. The highest BCUT2D eigenvalue weighted by molar-refractivity contribution is 14.0. The minimum Gasteiger partial charge on any atom is -0.616 e. The molecule has 0 amide bonds. The number of aliphatic imine (C=N–C) groups is 1. The SMILES string of the molecule is CO/C([O-])=C1\C(C)=NC(C)=C(C(=O)OCCCCCCCC[N+](C)(C)C)C1c1cccc([N+](=O)[O-])c1.I. The summed E-state index contributed by atoms with van der Waals surface area (Å²) < 4.78 is 11.5. The molecule has 1 aliphatic heterocycles. The maximum Gasteiger partial charge on any atom is 0.336 e. The monoisotopic (exact) mass is 629 g/mol. The van der Waals surface area contributed by atoms with Crippen molar-refractivity contribution in [1.82, 2.24) is 0 Å². The molecule has 1 atom stereocenters. The molecule has 0 N–H and O–H groups in total. The van der Waals surface area contributed by atoms with Crippen molar-refractivity contribution in [3.05, 3.63) is 62.7 Å². The van der Waals surface area contributed by atoms with Crippen LogP contribution in [-0.2, 0) is 14.3 Å². The second-order valence-electron chi connectivity index (χ2n) is 10.2. The number of carbonyl (C=O) groups excluding carboxylic acids is 1. The Bertz CT molecular complexity index is 1040. The van der Waals surface area contributed by atoms with Gasteiger partial charge in [0, 0.05) is 35.0 Å². The zero-order valence-corrected chi connectivity index (χ0v) is 25.1. The van der Waals surface area contributed by atoms with Crippen molar-refractivity contribution in [3.8, 4) is 0 Å². The number of nitro benzene ring substituents is 1. The van der Waals surface area contributed by atoms with Crippen molar-refractivity contribution in [2.75, 3.05) is 41.4 Å². The normalized spacial score (nSPS) is 17.0. The largest absolute Gasteiger partial charge is 0.616 e. The van der Waals surface area contributed by atoms with Gasteiger partial charge in [-0.2, -0.15) is 0 Å². The summed E-state index contributed by atoms with van der Waals surface area (Å²) in [6.07, 6.45) is 6.32. The molecule has 1 unspecified atom stereocenters. The van der Waals surface area contributed by atoms with Crippen molar-refractivity contribution < 1.29 is 28.8 Å². The number of esters is 1. The summed E-state index contributed by atoms with van der Waals surface area (Å²) >= 11 is 0. The third-order valence-corrected chi connectivity index (χ3v) is 6.19. The van der Waals surface area contributed by atoms with E-state index in [9.17, 15) is 20.0 Å². The van der Waals surface area contributed by atoms with Gasteiger partial charge in [0.25, 0.3) is 5.69 Å². The zero-order chi connectivity index (χ0) is 26.9. The molecule has 1 aromatic carbocycles. The van der Waals surface area contributed by atoms with Gasteiger partial charge in [-0.25, -0.2) is 4.79 Å². The second-order valence-corrected chi connectivity index (χ2v) is 10.2. The quantitative estimate of drug-likeness (QED) is 0.0586. The average molecular weight is 630 g/mol. The maximum atomic E-state index is 13.2. The third-order valence-electron chi connectivity index (χ3n) is 6.19. The molecule has 0 fully saturated rings. The molecule has 9 nitrogen and oxygen atoms in total. The Kier molecular flexibility index (Phi) is 13.3. The molecule has 37 heavy (non-hydrogen) atoms. The molecular formula is C27H40IN3O6. The predicted molar refractivity (Wildman–Crippen MR) is 153 cm³/mol. The minimum absolute atomic E-state index is 0. The van der Waals surface area contributed by atoms with Gasteiger partial charge in [0.1, 0.15) is 0 Å². The van der Waals surface area contributed by atoms with Crippen LogP contribution in [0.15, 0.2) is 52.0 Å². The lowest BCUT2D eigenvalue weighted by atomic mass is 9.80. The standard InChI is InChI=1S/C27H39N3O6.HI/c1-19-23(26(31)35-6)25(21-14-13-15-22(18-21)29(33)34)24(20(2)28-19)27(32)36-17-12-10-8-7-9-11-16-30(3,4)5;/h13-15,18,25H,7-12,16-17H2,1-6H3;1H. The van der Waals surface area contributed by atoms with Crippen molar-refractivity contribution in [3.63, 3.8) is 0 Å². The number of halogens is 1. The van der Waals surface area contributed by atoms with Crippen LogP contribution in [0.5, 0.6) is 0 Å². The van der Waals surface area contributed by atoms with Gasteiger partial charge in [-0.05, 0) is 45.8 Å². The van der Waals surface area contributed by atoms with E-state index in [2.05, 4.69) is 26.1 Å². The Morgan fingerprint density at radius 1 is 1.08 bits per heavy atom. The number of allylic oxidation sites excluding steroid dienone is 2. The molecule has 0 bridgehead atoms. The minimum atomic E-state index is -0.872. The Hall–Kier alpha value is -2.47. The smallest absolute Gasteiger partial charge is 0.336 e. The van der Waals surface area contributed by atoms with Gasteiger partial charge in [0.05, 0.1) is 50.7 Å². The van der Waals surface area contributed by atoms with E-state index in [0.717, 1.165) is 36.7 Å². The summed E-state index contributed by atoms with van der Waals surface area (Å²) in [5, 5.41) is 24.0. The lowest BCUT2D eigenvalue weighted by Gasteiger charge is -2.30. The maximum absolute atomic E-state index is 13.2. The molecule has 1 aliphatic rings. The number of rotatable bonds is 13. The molecule has 2 rings (SSSR count). The van der Waals surface area contributed by atoms with E-state index in [4.69, 9.17) is 9.47 Å². The van der Waals surface area contributed by atoms with Crippen molar-refractivity contribution in [2.24, 2.45) is 4.99 Å². The topological polar surface area (TPSA) is 114 Å². The second kappa shape index (κ2) is 15.1. The van der Waals surface area contributed by atoms with Crippen LogP contribution in [0.3, 0.4) is 0 Å². The fraction of sp³-hybridized carbons (Fsp3) is 0.556. The molecular weight excluding hydrogens is 589 g/mol. The van der Waals surface area contributed by atoms with Crippen molar-refractivity contribution >= 4 is 41.3 Å². The van der Waals surface area contributed by atoms with E-state index in [1.165, 1.54) is 38.2 Å². The van der Waals surface area contributed by atoms with Gasteiger partial charge in [-0.15, -0.1) is 24.0 Å². The van der Waals surface area contributed by atoms with E-state index < -0.39 is 22.8 Å². The van der Waals surface area contributed by atoms with E-state index in [1.54, 1.807) is 19.9 Å². The van der Waals surface area contributed by atoms with Crippen LogP contribution in [0.1, 0.15) is 63.9 Å². The Morgan fingerprint density at radius 3 is 2.30 bits per heavy atom. The van der Waals surface area contributed by atoms with Crippen LogP contribution in [0.4, 0.5) is 5.69 Å². The van der Waals surface area contributed by atoms with Crippen LogP contribution in [0.2, 0.25) is 0 Å². The van der Waals surface area contributed by atoms with E-state index in [-0.39, 0.29) is 47.4 Å². The van der Waals surface area contributed by atoms with Gasteiger partial charge in [-0.1, -0.05) is 31.4 Å². The molecule has 0 spiro atoms. The number of hydrogen-bond acceptors (Lipinski definition) is 7. The first-order valence-electron chi connectivity index (χ1n) is 12.4. The lowest BCUT2D eigenvalue weighted by molar-refractivity contribution is -0.870. The summed E-state index contributed by atoms with van der Waals surface area (Å²) in [5.74, 6) is -2.09. The fourth-order valence-electron chi connectivity index (χ4n) is 4.36. The molecule has 0 saturated carbocycles. The van der Waals surface area contributed by atoms with Gasteiger partial charge in [-0.3, -0.25) is 15.1 Å². The first kappa shape index (κ1) is 32.6. The molecule has 0 saturated heterocycles. The predicted octanol–water partition coefficient (Wildman–Crippen LogP) is 4.85. The Labute approximate surface area is 237 Å². The van der Waals surface area contributed by atoms with E-state index in [0.29, 0.717) is 17.0 Å². The lowest BCUT2D eigenvalue weighted by Crippen LogP contribution is -2.35. The van der Waals surface area contributed by atoms with Crippen LogP contribution >= 0.6 is 24.0 Å². The highest BCUT2D eigenvalue weighted by atomic mass is 127. The molecule has 10 heteroatoms. The van der Waals surface area contributed by atoms with Crippen LogP contribution in [-0.4, -0.2) is 62.5 Å². The van der Waals surface area contributed by atoms with E-state index >= 15 is 0 Å². The fourth-order valence-corrected chi connectivity index (χ4v) is 4.36. The highest BCUT2D eigenvalue weighted by Crippen LogP contribution is 2.40. The summed E-state index contributed by atoms with van der Waals surface area (Å²) in [7, 11) is 7.83. The summed E-state index contributed by atoms with van der Waals surface area (Å²) in [4.78, 5) is 28.4. The first-order valence-corrected chi connectivity index (χ1v) is 12.4. The molecule has 0 aromatic heterocycles. The third kappa shape index (κ3) is 9.73. The molecule has 1 aromatic rings. The number of hydrogen-bond donors (Lipinski definition) is 0. The van der Waals surface area contributed by atoms with Gasteiger partial charge in [0.15, 0.2) is 0 Å². The van der Waals surface area contributed by atoms with Crippen LogP contribution in [0.25, 0.3) is 0 Å². The van der Waals surface area contributed by atoms with Crippen LogP contribution < -0.4 is 5.11 Å².